The van der Waals surface area contributed by atoms with Gasteiger partial charge in [-0.25, -0.2) is 0 Å². The lowest BCUT2D eigenvalue weighted by molar-refractivity contribution is 0.0601. The molecular weight excluding hydrogens is 248 g/mol. The largest absolute Gasteiger partial charge is 0.494 e. The molecule has 1 N–H and O–H groups in total. The zero-order valence-corrected chi connectivity index (χ0v) is 13.1. The van der Waals surface area contributed by atoms with Crippen LogP contribution in [0.25, 0.3) is 0 Å². The lowest BCUT2D eigenvalue weighted by Gasteiger charge is -2.46. The number of rotatable bonds is 6. The summed E-state index contributed by atoms with van der Waals surface area (Å²) in [5.74, 6) is 0.971. The maximum atomic E-state index is 5.78. The van der Waals surface area contributed by atoms with E-state index in [0.29, 0.717) is 6.04 Å². The highest BCUT2D eigenvalue weighted by molar-refractivity contribution is 5.20. The Labute approximate surface area is 123 Å². The molecular formula is C17H28N2O. The number of nitrogens with zero attached hydrogens (tertiary/aromatic N) is 1. The molecule has 20 heavy (non-hydrogen) atoms. The maximum Gasteiger partial charge on any atom is 0.119 e. The summed E-state index contributed by atoms with van der Waals surface area (Å²) in [5, 5.41) is 3.63. The fourth-order valence-corrected chi connectivity index (χ4v) is 2.71. The molecule has 3 heteroatoms. The summed E-state index contributed by atoms with van der Waals surface area (Å²) in [5.41, 5.74) is 0.248. The first-order valence-electron chi connectivity index (χ1n) is 7.78. The van der Waals surface area contributed by atoms with Crippen molar-refractivity contribution in [2.24, 2.45) is 0 Å². The van der Waals surface area contributed by atoms with Gasteiger partial charge in [-0.1, -0.05) is 25.1 Å². The second-order valence-corrected chi connectivity index (χ2v) is 6.26. The molecule has 1 fully saturated rings. The van der Waals surface area contributed by atoms with Crippen molar-refractivity contribution in [1.82, 2.24) is 10.2 Å². The van der Waals surface area contributed by atoms with Crippen LogP contribution in [0.15, 0.2) is 30.3 Å². The van der Waals surface area contributed by atoms with Crippen molar-refractivity contribution >= 4 is 0 Å². The van der Waals surface area contributed by atoms with Crippen molar-refractivity contribution in [3.05, 3.63) is 30.3 Å². The van der Waals surface area contributed by atoms with E-state index in [2.05, 4.69) is 31.0 Å². The molecule has 0 saturated carbocycles. The number of piperazine rings is 1. The molecule has 1 unspecified atom stereocenters. The predicted octanol–water partition coefficient (Wildman–Crippen LogP) is 2.92. The Morgan fingerprint density at radius 3 is 2.75 bits per heavy atom. The molecule has 0 aromatic heterocycles. The highest BCUT2D eigenvalue weighted by Gasteiger charge is 2.32. The highest BCUT2D eigenvalue weighted by atomic mass is 16.5. The molecule has 0 aliphatic carbocycles. The molecule has 3 nitrogen and oxygen atoms in total. The monoisotopic (exact) mass is 276 g/mol. The summed E-state index contributed by atoms with van der Waals surface area (Å²) in [4.78, 5) is 2.60. The third-order valence-electron chi connectivity index (χ3n) is 4.20. The molecule has 1 aromatic rings. The van der Waals surface area contributed by atoms with Gasteiger partial charge in [0.2, 0.25) is 0 Å². The number of para-hydroxylation sites is 1. The Morgan fingerprint density at radius 1 is 1.30 bits per heavy atom. The van der Waals surface area contributed by atoms with Gasteiger partial charge in [-0.15, -0.1) is 0 Å². The van der Waals surface area contributed by atoms with E-state index in [9.17, 15) is 0 Å². The summed E-state index contributed by atoms with van der Waals surface area (Å²) in [6, 6.07) is 10.7. The summed E-state index contributed by atoms with van der Waals surface area (Å²) in [7, 11) is 0. The van der Waals surface area contributed by atoms with Crippen molar-refractivity contribution < 1.29 is 4.74 Å². The number of nitrogens with one attached hydrogen (secondary N) is 1. The quantitative estimate of drug-likeness (QED) is 0.809. The summed E-state index contributed by atoms with van der Waals surface area (Å²) in [6.45, 7) is 11.0. The van der Waals surface area contributed by atoms with E-state index >= 15 is 0 Å². The van der Waals surface area contributed by atoms with Crippen LogP contribution in [0.5, 0.6) is 5.75 Å². The molecule has 1 aliphatic rings. The molecule has 0 bridgehead atoms. The van der Waals surface area contributed by atoms with E-state index in [0.717, 1.165) is 38.4 Å². The minimum atomic E-state index is 0.248. The molecule has 112 valence electrons. The number of hydrogen-bond donors (Lipinski definition) is 1. The van der Waals surface area contributed by atoms with Gasteiger partial charge in [0, 0.05) is 31.2 Å². The molecule has 1 heterocycles. The second-order valence-electron chi connectivity index (χ2n) is 6.26. The van der Waals surface area contributed by atoms with Crippen molar-refractivity contribution in [1.29, 1.82) is 0 Å². The van der Waals surface area contributed by atoms with Crippen LogP contribution in [-0.2, 0) is 0 Å². The smallest absolute Gasteiger partial charge is 0.119 e. The molecule has 0 amide bonds. The van der Waals surface area contributed by atoms with Crippen LogP contribution < -0.4 is 10.1 Å². The first-order valence-corrected chi connectivity index (χ1v) is 7.78. The maximum absolute atomic E-state index is 5.78. The van der Waals surface area contributed by atoms with Crippen molar-refractivity contribution in [3.8, 4) is 5.75 Å². The van der Waals surface area contributed by atoms with Gasteiger partial charge in [0.1, 0.15) is 5.75 Å². The van der Waals surface area contributed by atoms with Gasteiger partial charge in [-0.2, -0.15) is 0 Å². The van der Waals surface area contributed by atoms with Crippen LogP contribution in [-0.4, -0.2) is 42.7 Å². The molecule has 1 aliphatic heterocycles. The third-order valence-corrected chi connectivity index (χ3v) is 4.20. The summed E-state index contributed by atoms with van der Waals surface area (Å²) in [6.07, 6.45) is 2.28. The SMILES string of the molecule is CCC1CN(CCCOc2ccccc2)C(C)(C)CN1. The standard InChI is InChI=1S/C17H28N2O/c1-4-15-13-19(17(2,3)14-18-15)11-8-12-20-16-9-6-5-7-10-16/h5-7,9-10,15,18H,4,8,11-14H2,1-3H3. The zero-order valence-electron chi connectivity index (χ0n) is 13.1. The predicted molar refractivity (Wildman–Crippen MR) is 84.3 cm³/mol. The number of hydrogen-bond acceptors (Lipinski definition) is 3. The lowest BCUT2D eigenvalue weighted by Crippen LogP contribution is -2.61. The van der Waals surface area contributed by atoms with E-state index in [1.807, 2.05) is 30.3 Å². The first-order chi connectivity index (χ1) is 9.62. The van der Waals surface area contributed by atoms with Gasteiger partial charge >= 0.3 is 0 Å². The van der Waals surface area contributed by atoms with Gasteiger partial charge in [0.15, 0.2) is 0 Å². The minimum absolute atomic E-state index is 0.248. The fourth-order valence-electron chi connectivity index (χ4n) is 2.71. The van der Waals surface area contributed by atoms with E-state index < -0.39 is 0 Å². The Balaban J connectivity index is 1.74. The van der Waals surface area contributed by atoms with Gasteiger partial charge in [-0.05, 0) is 38.8 Å². The Kier molecular flexibility index (Phi) is 5.44. The first kappa shape index (κ1) is 15.3. The average molecular weight is 276 g/mol. The highest BCUT2D eigenvalue weighted by Crippen LogP contribution is 2.20. The second kappa shape index (κ2) is 7.09. The van der Waals surface area contributed by atoms with Gasteiger partial charge in [0.05, 0.1) is 6.61 Å². The van der Waals surface area contributed by atoms with Crippen LogP contribution in [0.1, 0.15) is 33.6 Å². The average Bonchev–Trinajstić information content (AvgIpc) is 2.46. The summed E-state index contributed by atoms with van der Waals surface area (Å²) >= 11 is 0. The van der Waals surface area contributed by atoms with Crippen molar-refractivity contribution in [2.45, 2.75) is 45.2 Å². The molecule has 0 spiro atoms. The zero-order chi connectivity index (χ0) is 14.4. The molecule has 2 rings (SSSR count). The lowest BCUT2D eigenvalue weighted by atomic mass is 9.96. The minimum Gasteiger partial charge on any atom is -0.494 e. The topological polar surface area (TPSA) is 24.5 Å². The van der Waals surface area contributed by atoms with Crippen LogP contribution in [0.2, 0.25) is 0 Å². The van der Waals surface area contributed by atoms with Crippen molar-refractivity contribution in [2.75, 3.05) is 26.2 Å². The fraction of sp³-hybridized carbons (Fsp3) is 0.647. The normalized spacial score (nSPS) is 22.6. The van der Waals surface area contributed by atoms with Crippen LogP contribution in [0.3, 0.4) is 0 Å². The van der Waals surface area contributed by atoms with Gasteiger partial charge in [0.25, 0.3) is 0 Å². The summed E-state index contributed by atoms with van der Waals surface area (Å²) < 4.78 is 5.78. The molecule has 1 saturated heterocycles. The van der Waals surface area contributed by atoms with E-state index in [1.165, 1.54) is 6.42 Å². The Bertz CT molecular complexity index is 391. The van der Waals surface area contributed by atoms with E-state index in [4.69, 9.17) is 4.74 Å². The molecule has 0 radical (unpaired) electrons. The van der Waals surface area contributed by atoms with Crippen molar-refractivity contribution in [3.63, 3.8) is 0 Å². The van der Waals surface area contributed by atoms with Gasteiger partial charge < -0.3 is 10.1 Å². The number of benzene rings is 1. The Morgan fingerprint density at radius 2 is 2.05 bits per heavy atom. The number of ether oxygens (including phenoxy) is 1. The molecule has 1 atom stereocenters. The van der Waals surface area contributed by atoms with Crippen LogP contribution >= 0.6 is 0 Å². The van der Waals surface area contributed by atoms with E-state index in [1.54, 1.807) is 0 Å². The third kappa shape index (κ3) is 4.22. The van der Waals surface area contributed by atoms with Gasteiger partial charge in [-0.3, -0.25) is 4.90 Å². The van der Waals surface area contributed by atoms with Crippen LogP contribution in [0, 0.1) is 0 Å². The Hall–Kier alpha value is -1.06. The van der Waals surface area contributed by atoms with Crippen LogP contribution in [0.4, 0.5) is 0 Å². The molecule has 1 aromatic carbocycles. The van der Waals surface area contributed by atoms with E-state index in [-0.39, 0.29) is 5.54 Å².